The first kappa shape index (κ1) is 12.4. The van der Waals surface area contributed by atoms with Crippen LogP contribution in [0.2, 0.25) is 0 Å². The minimum absolute atomic E-state index is 0.669. The normalized spacial score (nSPS) is 17.1. The maximum atomic E-state index is 5.32. The fraction of sp³-hybridized carbons (Fsp3) is 0.571. The summed E-state index contributed by atoms with van der Waals surface area (Å²) in [7, 11) is 2.04. The Morgan fingerprint density at radius 3 is 2.41 bits per heavy atom. The van der Waals surface area contributed by atoms with Gasteiger partial charge in [-0.2, -0.15) is 0 Å². The van der Waals surface area contributed by atoms with Gasteiger partial charge in [-0.3, -0.25) is 5.84 Å². The van der Waals surface area contributed by atoms with Crippen molar-refractivity contribution in [1.82, 2.24) is 5.43 Å². The van der Waals surface area contributed by atoms with Crippen molar-refractivity contribution in [3.8, 4) is 0 Å². The van der Waals surface area contributed by atoms with E-state index in [4.69, 9.17) is 5.84 Å². The molecule has 1 aliphatic carbocycles. The van der Waals surface area contributed by atoms with Crippen molar-refractivity contribution < 1.29 is 0 Å². The lowest BCUT2D eigenvalue weighted by molar-refractivity contribution is 0.443. The van der Waals surface area contributed by atoms with Gasteiger partial charge in [-0.25, -0.2) is 5.43 Å². The van der Waals surface area contributed by atoms with E-state index < -0.39 is 0 Å². The topological polar surface area (TPSA) is 41.3 Å². The van der Waals surface area contributed by atoms with Gasteiger partial charge in [0.05, 0.1) is 6.67 Å². The molecule has 17 heavy (non-hydrogen) atoms. The molecule has 94 valence electrons. The summed E-state index contributed by atoms with van der Waals surface area (Å²) in [5.74, 6) is 6.11. The highest BCUT2D eigenvalue weighted by molar-refractivity contribution is 5.47. The quantitative estimate of drug-likeness (QED) is 0.477. The van der Waals surface area contributed by atoms with E-state index in [-0.39, 0.29) is 0 Å². The second-order valence-electron chi connectivity index (χ2n) is 4.99. The zero-order chi connectivity index (χ0) is 12.1. The van der Waals surface area contributed by atoms with E-state index in [1.54, 1.807) is 0 Å². The third kappa shape index (κ3) is 3.20. The molecule has 1 saturated carbocycles. The summed E-state index contributed by atoms with van der Waals surface area (Å²) in [5, 5.41) is 0. The molecule has 3 nitrogen and oxygen atoms in total. The number of nitrogens with two attached hydrogens (primary N) is 1. The Kier molecular flexibility index (Phi) is 4.40. The summed E-state index contributed by atoms with van der Waals surface area (Å²) in [6.07, 6.45) is 6.92. The van der Waals surface area contributed by atoms with E-state index in [9.17, 15) is 0 Å². The van der Waals surface area contributed by atoms with Crippen molar-refractivity contribution in [3.05, 3.63) is 29.8 Å². The van der Waals surface area contributed by atoms with Crippen molar-refractivity contribution in [2.75, 3.05) is 18.6 Å². The molecule has 2 rings (SSSR count). The molecule has 0 aliphatic heterocycles. The van der Waals surface area contributed by atoms with Gasteiger partial charge in [0.25, 0.3) is 0 Å². The first-order valence-electron chi connectivity index (χ1n) is 6.56. The third-order valence-corrected chi connectivity index (χ3v) is 3.74. The molecule has 1 fully saturated rings. The average Bonchev–Trinajstić information content (AvgIpc) is 2.40. The van der Waals surface area contributed by atoms with Crippen LogP contribution < -0.4 is 16.2 Å². The van der Waals surface area contributed by atoms with Crippen LogP contribution in [0.1, 0.15) is 43.6 Å². The van der Waals surface area contributed by atoms with Crippen LogP contribution in [0.15, 0.2) is 24.3 Å². The molecule has 0 radical (unpaired) electrons. The van der Waals surface area contributed by atoms with Crippen molar-refractivity contribution in [2.45, 2.75) is 38.0 Å². The second kappa shape index (κ2) is 6.03. The summed E-state index contributed by atoms with van der Waals surface area (Å²) in [6, 6.07) is 8.94. The zero-order valence-electron chi connectivity index (χ0n) is 10.7. The van der Waals surface area contributed by atoms with E-state index in [1.807, 2.05) is 7.05 Å². The maximum Gasteiger partial charge on any atom is 0.0805 e. The monoisotopic (exact) mass is 233 g/mol. The minimum Gasteiger partial charge on any atom is -0.361 e. The first-order chi connectivity index (χ1) is 8.31. The van der Waals surface area contributed by atoms with Crippen LogP contribution in [-0.2, 0) is 0 Å². The molecule has 3 heteroatoms. The van der Waals surface area contributed by atoms with Crippen LogP contribution in [0, 0.1) is 0 Å². The largest absolute Gasteiger partial charge is 0.361 e. The molecule has 0 atom stereocenters. The lowest BCUT2D eigenvalue weighted by Crippen LogP contribution is -2.35. The Hall–Kier alpha value is -1.06. The number of hydrazine groups is 1. The van der Waals surface area contributed by atoms with E-state index >= 15 is 0 Å². The molecule has 1 aromatic rings. The van der Waals surface area contributed by atoms with Gasteiger partial charge in [0, 0.05) is 12.7 Å². The van der Waals surface area contributed by atoms with Gasteiger partial charge in [-0.05, 0) is 36.5 Å². The number of rotatable bonds is 4. The predicted octanol–water partition coefficient (Wildman–Crippen LogP) is 2.59. The molecule has 0 heterocycles. The minimum atomic E-state index is 0.669. The lowest BCUT2D eigenvalue weighted by atomic mass is 9.84. The number of hydrogen-bond acceptors (Lipinski definition) is 3. The van der Waals surface area contributed by atoms with Crippen molar-refractivity contribution in [3.63, 3.8) is 0 Å². The molecule has 0 bridgehead atoms. The molecule has 0 aromatic heterocycles. The molecule has 3 N–H and O–H groups in total. The van der Waals surface area contributed by atoms with Crippen LogP contribution in [-0.4, -0.2) is 13.7 Å². The number of anilines is 1. The number of nitrogens with zero attached hydrogens (tertiary/aromatic N) is 1. The van der Waals surface area contributed by atoms with Gasteiger partial charge in [0.15, 0.2) is 0 Å². The van der Waals surface area contributed by atoms with Crippen LogP contribution in [0.3, 0.4) is 0 Å². The summed E-state index contributed by atoms with van der Waals surface area (Å²) in [4.78, 5) is 2.10. The number of hydrogen-bond donors (Lipinski definition) is 2. The Labute approximate surface area is 104 Å². The van der Waals surface area contributed by atoms with Gasteiger partial charge in [0.1, 0.15) is 0 Å². The van der Waals surface area contributed by atoms with Gasteiger partial charge < -0.3 is 4.90 Å². The summed E-state index contributed by atoms with van der Waals surface area (Å²) < 4.78 is 0. The average molecular weight is 233 g/mol. The van der Waals surface area contributed by atoms with Crippen molar-refractivity contribution in [2.24, 2.45) is 5.84 Å². The smallest absolute Gasteiger partial charge is 0.0805 e. The molecule has 0 amide bonds. The Morgan fingerprint density at radius 1 is 1.18 bits per heavy atom. The molecule has 0 unspecified atom stereocenters. The molecule has 1 aliphatic rings. The molecule has 0 saturated heterocycles. The Bertz CT molecular complexity index is 328. The molecule has 0 spiro atoms. The lowest BCUT2D eigenvalue weighted by Gasteiger charge is -2.23. The van der Waals surface area contributed by atoms with Crippen LogP contribution in [0.25, 0.3) is 0 Å². The molecular formula is C14H23N3. The Morgan fingerprint density at radius 2 is 1.82 bits per heavy atom. The van der Waals surface area contributed by atoms with Crippen molar-refractivity contribution in [1.29, 1.82) is 0 Å². The van der Waals surface area contributed by atoms with Crippen LogP contribution in [0.4, 0.5) is 5.69 Å². The van der Waals surface area contributed by atoms with Crippen LogP contribution in [0.5, 0.6) is 0 Å². The van der Waals surface area contributed by atoms with Crippen molar-refractivity contribution >= 4 is 5.69 Å². The predicted molar refractivity (Wildman–Crippen MR) is 72.9 cm³/mol. The number of nitrogens with one attached hydrogen (secondary N) is 1. The highest BCUT2D eigenvalue weighted by Crippen LogP contribution is 2.33. The van der Waals surface area contributed by atoms with Gasteiger partial charge in [-0.1, -0.05) is 31.4 Å². The van der Waals surface area contributed by atoms with Gasteiger partial charge in [0.2, 0.25) is 0 Å². The van der Waals surface area contributed by atoms with E-state index in [1.165, 1.54) is 43.4 Å². The molecular weight excluding hydrogens is 210 g/mol. The van der Waals surface area contributed by atoms with Gasteiger partial charge >= 0.3 is 0 Å². The highest BCUT2D eigenvalue weighted by atomic mass is 15.3. The molecule has 1 aromatic carbocycles. The second-order valence-corrected chi connectivity index (χ2v) is 4.99. The van der Waals surface area contributed by atoms with E-state index in [2.05, 4.69) is 34.6 Å². The summed E-state index contributed by atoms with van der Waals surface area (Å²) in [6.45, 7) is 0.669. The van der Waals surface area contributed by atoms with E-state index in [0.717, 1.165) is 5.92 Å². The summed E-state index contributed by atoms with van der Waals surface area (Å²) >= 11 is 0. The fourth-order valence-corrected chi connectivity index (χ4v) is 2.67. The number of benzene rings is 1. The highest BCUT2D eigenvalue weighted by Gasteiger charge is 2.15. The summed E-state index contributed by atoms with van der Waals surface area (Å²) in [5.41, 5.74) is 5.38. The SMILES string of the molecule is CN(CNN)c1ccc(C2CCCCC2)cc1. The standard InChI is InChI=1S/C14H23N3/c1-17(11-16-15)14-9-7-13(8-10-14)12-5-3-2-4-6-12/h7-10,12,16H,2-6,11,15H2,1H3. The zero-order valence-corrected chi connectivity index (χ0v) is 10.7. The van der Waals surface area contributed by atoms with Crippen LogP contribution >= 0.6 is 0 Å². The third-order valence-electron chi connectivity index (χ3n) is 3.74. The van der Waals surface area contributed by atoms with Gasteiger partial charge in [-0.15, -0.1) is 0 Å². The first-order valence-corrected chi connectivity index (χ1v) is 6.56. The Balaban J connectivity index is 2.01. The maximum absolute atomic E-state index is 5.32. The van der Waals surface area contributed by atoms with E-state index in [0.29, 0.717) is 6.67 Å². The fourth-order valence-electron chi connectivity index (χ4n) is 2.67.